The number of halogens is 3. The first-order valence-electron chi connectivity index (χ1n) is 3.58. The van der Waals surface area contributed by atoms with Crippen molar-refractivity contribution in [2.24, 2.45) is 0 Å². The monoisotopic (exact) mass is 230 g/mol. The molecular formula is C6H9F3N2O4. The van der Waals surface area contributed by atoms with E-state index < -0.39 is 25.0 Å². The molecule has 9 heteroatoms. The highest BCUT2D eigenvalue weighted by Crippen LogP contribution is 2.14. The third kappa shape index (κ3) is 6.41. The minimum Gasteiger partial charge on any atom is -0.452 e. The van der Waals surface area contributed by atoms with Gasteiger partial charge in [0.2, 0.25) is 0 Å². The normalized spacial score (nSPS) is 10.5. The number of nitrogens with zero attached hydrogens (tertiary/aromatic N) is 1. The maximum atomic E-state index is 11.6. The molecule has 2 amide bonds. The molecule has 0 unspecified atom stereocenters. The summed E-state index contributed by atoms with van der Waals surface area (Å²) >= 11 is 0. The average molecular weight is 230 g/mol. The first-order chi connectivity index (χ1) is 6.76. The Bertz CT molecular complexity index is 243. The number of amides is 2. The Hall–Kier alpha value is -1.67. The van der Waals surface area contributed by atoms with Crippen LogP contribution in [0.25, 0.3) is 0 Å². The molecule has 88 valence electrons. The van der Waals surface area contributed by atoms with Gasteiger partial charge >= 0.3 is 18.4 Å². The van der Waals surface area contributed by atoms with Crippen LogP contribution in [0.15, 0.2) is 0 Å². The zero-order chi connectivity index (χ0) is 12.1. The highest BCUT2D eigenvalue weighted by Gasteiger charge is 2.30. The molecule has 0 spiro atoms. The van der Waals surface area contributed by atoms with Crippen LogP contribution >= 0.6 is 0 Å². The van der Waals surface area contributed by atoms with E-state index >= 15 is 0 Å². The van der Waals surface area contributed by atoms with Gasteiger partial charge in [0.05, 0.1) is 7.11 Å². The predicted molar refractivity (Wildman–Crippen MR) is 40.7 cm³/mol. The molecule has 15 heavy (non-hydrogen) atoms. The van der Waals surface area contributed by atoms with Crippen molar-refractivity contribution in [2.75, 3.05) is 20.8 Å². The summed E-state index contributed by atoms with van der Waals surface area (Å²) in [7, 11) is 2.13. The molecule has 0 bridgehead atoms. The van der Waals surface area contributed by atoms with Crippen LogP contribution in [0.3, 0.4) is 0 Å². The molecule has 0 heterocycles. The van der Waals surface area contributed by atoms with Gasteiger partial charge in [-0.1, -0.05) is 0 Å². The molecule has 6 nitrogen and oxygen atoms in total. The molecule has 0 aromatic carbocycles. The van der Waals surface area contributed by atoms with Gasteiger partial charge in [0.1, 0.15) is 0 Å². The fourth-order valence-corrected chi connectivity index (χ4v) is 0.499. The van der Waals surface area contributed by atoms with Crippen molar-refractivity contribution in [2.45, 2.75) is 6.18 Å². The predicted octanol–water partition coefficient (Wildman–Crippen LogP) is 0.888. The van der Waals surface area contributed by atoms with E-state index in [9.17, 15) is 22.8 Å². The van der Waals surface area contributed by atoms with Crippen molar-refractivity contribution in [3.05, 3.63) is 0 Å². The maximum absolute atomic E-state index is 11.6. The number of alkyl halides is 3. The first kappa shape index (κ1) is 13.3. The van der Waals surface area contributed by atoms with Gasteiger partial charge in [-0.3, -0.25) is 0 Å². The Balaban J connectivity index is 3.89. The highest BCUT2D eigenvalue weighted by molar-refractivity contribution is 5.73. The summed E-state index contributed by atoms with van der Waals surface area (Å²) in [6.45, 7) is -1.73. The van der Waals surface area contributed by atoms with Gasteiger partial charge in [-0.25, -0.2) is 20.0 Å². The molecule has 0 aliphatic carbocycles. The summed E-state index contributed by atoms with van der Waals surface area (Å²) in [5.74, 6) is 0. The van der Waals surface area contributed by atoms with Crippen molar-refractivity contribution in [1.82, 2.24) is 10.4 Å². The fourth-order valence-electron chi connectivity index (χ4n) is 0.499. The lowest BCUT2D eigenvalue weighted by molar-refractivity contribution is -0.160. The molecule has 0 aromatic rings. The van der Waals surface area contributed by atoms with E-state index in [-0.39, 0.29) is 0 Å². The quantitative estimate of drug-likeness (QED) is 0.679. The largest absolute Gasteiger partial charge is 0.452 e. The molecule has 0 aliphatic rings. The van der Waals surface area contributed by atoms with E-state index in [0.29, 0.717) is 5.01 Å². The van der Waals surface area contributed by atoms with Gasteiger partial charge in [0.25, 0.3) is 0 Å². The minimum atomic E-state index is -4.61. The summed E-state index contributed by atoms with van der Waals surface area (Å²) in [5.41, 5.74) is 1.70. The van der Waals surface area contributed by atoms with Gasteiger partial charge in [-0.15, -0.1) is 0 Å². The molecule has 0 atom stereocenters. The maximum Gasteiger partial charge on any atom is 0.428 e. The van der Waals surface area contributed by atoms with E-state index in [1.807, 2.05) is 0 Å². The van der Waals surface area contributed by atoms with Crippen LogP contribution < -0.4 is 5.43 Å². The zero-order valence-corrected chi connectivity index (χ0v) is 7.92. The second-order valence-corrected chi connectivity index (χ2v) is 2.33. The summed E-state index contributed by atoms with van der Waals surface area (Å²) < 4.78 is 42.6. The molecule has 1 N–H and O–H groups in total. The summed E-state index contributed by atoms with van der Waals surface area (Å²) in [6, 6.07) is 0. The number of rotatable bonds is 1. The number of carbonyl (C=O) groups excluding carboxylic acids is 2. The van der Waals surface area contributed by atoms with Gasteiger partial charge in [0.15, 0.2) is 6.61 Å². The third-order valence-electron chi connectivity index (χ3n) is 1.07. The number of hydrazine groups is 1. The van der Waals surface area contributed by atoms with Crippen LogP contribution in [-0.2, 0) is 9.47 Å². The topological polar surface area (TPSA) is 67.9 Å². The lowest BCUT2D eigenvalue weighted by atomic mass is 10.7. The van der Waals surface area contributed by atoms with Crippen molar-refractivity contribution in [3.63, 3.8) is 0 Å². The smallest absolute Gasteiger partial charge is 0.428 e. The van der Waals surface area contributed by atoms with Crippen molar-refractivity contribution in [3.8, 4) is 0 Å². The lowest BCUT2D eigenvalue weighted by Gasteiger charge is -2.16. The first-order valence-corrected chi connectivity index (χ1v) is 3.58. The zero-order valence-electron chi connectivity index (χ0n) is 7.92. The highest BCUT2D eigenvalue weighted by atomic mass is 19.4. The number of carbonyl (C=O) groups is 2. The van der Waals surface area contributed by atoms with Gasteiger partial charge in [0, 0.05) is 7.05 Å². The summed E-state index contributed by atoms with van der Waals surface area (Å²) in [6.07, 6.45) is -6.96. The van der Waals surface area contributed by atoms with Crippen molar-refractivity contribution >= 4 is 12.2 Å². The summed E-state index contributed by atoms with van der Waals surface area (Å²) in [5, 5.41) is 0.540. The number of ether oxygens (including phenoxy) is 2. The van der Waals surface area contributed by atoms with E-state index in [2.05, 4.69) is 9.47 Å². The number of hydrogen-bond donors (Lipinski definition) is 1. The number of hydrogen-bond acceptors (Lipinski definition) is 4. The van der Waals surface area contributed by atoms with Crippen LogP contribution in [0, 0.1) is 0 Å². The molecule has 0 aromatic heterocycles. The second-order valence-electron chi connectivity index (χ2n) is 2.33. The second kappa shape index (κ2) is 5.27. The number of methoxy groups -OCH3 is 1. The molecule has 0 fully saturated rings. The molecule has 0 radical (unpaired) electrons. The Kier molecular flexibility index (Phi) is 4.68. The Labute approximate surface area is 82.9 Å². The van der Waals surface area contributed by atoms with E-state index in [4.69, 9.17) is 0 Å². The van der Waals surface area contributed by atoms with Crippen LogP contribution in [-0.4, -0.2) is 44.1 Å². The molecule has 0 saturated heterocycles. The minimum absolute atomic E-state index is 0.540. The molecule has 0 saturated carbocycles. The van der Waals surface area contributed by atoms with E-state index in [1.54, 1.807) is 5.43 Å². The fraction of sp³-hybridized carbons (Fsp3) is 0.667. The van der Waals surface area contributed by atoms with Crippen LogP contribution in [0.2, 0.25) is 0 Å². The Morgan fingerprint density at radius 2 is 1.93 bits per heavy atom. The van der Waals surface area contributed by atoms with E-state index in [0.717, 1.165) is 14.2 Å². The van der Waals surface area contributed by atoms with Crippen LogP contribution in [0.4, 0.5) is 22.8 Å². The lowest BCUT2D eigenvalue weighted by Crippen LogP contribution is -2.44. The Morgan fingerprint density at radius 3 is 2.33 bits per heavy atom. The average Bonchev–Trinajstić information content (AvgIpc) is 2.12. The molecule has 0 rings (SSSR count). The van der Waals surface area contributed by atoms with Gasteiger partial charge < -0.3 is 9.47 Å². The van der Waals surface area contributed by atoms with Crippen molar-refractivity contribution < 1.29 is 32.2 Å². The SMILES string of the molecule is COC(=O)N(C)NC(=O)OCC(F)(F)F. The molecular weight excluding hydrogens is 221 g/mol. The van der Waals surface area contributed by atoms with Gasteiger partial charge in [-0.05, 0) is 0 Å². The number of nitrogens with one attached hydrogen (secondary N) is 1. The van der Waals surface area contributed by atoms with Gasteiger partial charge in [-0.2, -0.15) is 13.2 Å². The standard InChI is InChI=1S/C6H9F3N2O4/c1-11(5(13)14-2)10-4(12)15-3-6(7,8)9/h3H2,1-2H3,(H,10,12). The third-order valence-corrected chi connectivity index (χ3v) is 1.07. The van der Waals surface area contributed by atoms with Crippen molar-refractivity contribution in [1.29, 1.82) is 0 Å². The molecule has 0 aliphatic heterocycles. The van der Waals surface area contributed by atoms with Crippen LogP contribution in [0.1, 0.15) is 0 Å². The summed E-state index contributed by atoms with van der Waals surface area (Å²) in [4.78, 5) is 21.3. The van der Waals surface area contributed by atoms with E-state index in [1.165, 1.54) is 0 Å². The van der Waals surface area contributed by atoms with Crippen LogP contribution in [0.5, 0.6) is 0 Å². The Morgan fingerprint density at radius 1 is 1.40 bits per heavy atom.